The van der Waals surface area contributed by atoms with Crippen LogP contribution in [0.15, 0.2) is 66.7 Å². The summed E-state index contributed by atoms with van der Waals surface area (Å²) in [6.45, 7) is 4.41. The van der Waals surface area contributed by atoms with Gasteiger partial charge in [0.15, 0.2) is 0 Å². The van der Waals surface area contributed by atoms with Gasteiger partial charge in [0.2, 0.25) is 0 Å². The van der Waals surface area contributed by atoms with Crippen molar-refractivity contribution < 1.29 is 0 Å². The zero-order valence-electron chi connectivity index (χ0n) is 13.7. The molecule has 0 unspecified atom stereocenters. The van der Waals surface area contributed by atoms with Gasteiger partial charge < -0.3 is 4.90 Å². The minimum absolute atomic E-state index is 1.09. The maximum Gasteiger partial charge on any atom is 0.0520 e. The Bertz CT molecular complexity index is 796. The van der Waals surface area contributed by atoms with Crippen LogP contribution in [0.5, 0.6) is 0 Å². The fourth-order valence-corrected chi connectivity index (χ4v) is 3.68. The van der Waals surface area contributed by atoms with Gasteiger partial charge in [-0.25, -0.2) is 0 Å². The lowest BCUT2D eigenvalue weighted by Crippen LogP contribution is -2.14. The van der Waals surface area contributed by atoms with Gasteiger partial charge in [-0.05, 0) is 61.1 Å². The van der Waals surface area contributed by atoms with E-state index in [0.29, 0.717) is 0 Å². The van der Waals surface area contributed by atoms with Crippen LogP contribution in [0.3, 0.4) is 0 Å². The van der Waals surface area contributed by atoms with E-state index in [1.165, 1.54) is 39.3 Å². The molecule has 0 saturated carbocycles. The van der Waals surface area contributed by atoms with Crippen molar-refractivity contribution >= 4 is 17.1 Å². The molecule has 1 aliphatic rings. The first kappa shape index (κ1) is 14.1. The molecule has 0 saturated heterocycles. The molecule has 3 aromatic carbocycles. The van der Waals surface area contributed by atoms with E-state index in [4.69, 9.17) is 0 Å². The molecule has 1 heteroatoms. The number of hydrogen-bond acceptors (Lipinski definition) is 1. The second-order valence-corrected chi connectivity index (χ2v) is 6.33. The summed E-state index contributed by atoms with van der Waals surface area (Å²) >= 11 is 0. The molecule has 0 fully saturated rings. The first-order valence-electron chi connectivity index (χ1n) is 8.28. The number of hydrogen-bond donors (Lipinski definition) is 0. The molecule has 0 spiro atoms. The predicted molar refractivity (Wildman–Crippen MR) is 98.0 cm³/mol. The van der Waals surface area contributed by atoms with E-state index in [1.807, 2.05) is 0 Å². The van der Waals surface area contributed by atoms with Gasteiger partial charge in [0, 0.05) is 11.4 Å². The highest BCUT2D eigenvalue weighted by molar-refractivity contribution is 5.84. The fraction of sp³-hybridized carbons (Fsp3) is 0.182. The highest BCUT2D eigenvalue weighted by Crippen LogP contribution is 2.43. The molecule has 114 valence electrons. The summed E-state index contributed by atoms with van der Waals surface area (Å²) in [5, 5.41) is 0. The van der Waals surface area contributed by atoms with Crippen molar-refractivity contribution in [2.75, 3.05) is 4.90 Å². The Kier molecular flexibility index (Phi) is 3.42. The van der Waals surface area contributed by atoms with Crippen LogP contribution in [-0.4, -0.2) is 0 Å². The van der Waals surface area contributed by atoms with E-state index < -0.39 is 0 Å². The summed E-state index contributed by atoms with van der Waals surface area (Å²) in [7, 11) is 0. The molecule has 0 radical (unpaired) electrons. The van der Waals surface area contributed by atoms with Crippen LogP contribution in [0.2, 0.25) is 0 Å². The normalized spacial score (nSPS) is 13.2. The van der Waals surface area contributed by atoms with Gasteiger partial charge in [0.1, 0.15) is 0 Å². The minimum atomic E-state index is 1.09. The predicted octanol–water partition coefficient (Wildman–Crippen LogP) is 5.87. The first-order valence-corrected chi connectivity index (χ1v) is 8.28. The maximum atomic E-state index is 2.46. The van der Waals surface area contributed by atoms with Gasteiger partial charge in [0.25, 0.3) is 0 Å². The summed E-state index contributed by atoms with van der Waals surface area (Å²) < 4.78 is 0. The van der Waals surface area contributed by atoms with Gasteiger partial charge in [-0.2, -0.15) is 0 Å². The van der Waals surface area contributed by atoms with Crippen LogP contribution in [0.1, 0.15) is 22.3 Å². The van der Waals surface area contributed by atoms with Crippen LogP contribution < -0.4 is 4.90 Å². The molecule has 3 aromatic rings. The number of para-hydroxylation sites is 3. The number of nitrogens with zero attached hydrogens (tertiary/aromatic N) is 1. The highest BCUT2D eigenvalue weighted by Gasteiger charge is 2.23. The van der Waals surface area contributed by atoms with Crippen molar-refractivity contribution in [3.8, 4) is 0 Å². The number of rotatable bonds is 1. The Hall–Kier alpha value is -2.54. The molecule has 0 N–H and O–H groups in total. The van der Waals surface area contributed by atoms with Crippen molar-refractivity contribution in [1.82, 2.24) is 0 Å². The van der Waals surface area contributed by atoms with Crippen LogP contribution in [0.25, 0.3) is 0 Å². The monoisotopic (exact) mass is 299 g/mol. The minimum Gasteiger partial charge on any atom is -0.309 e. The Balaban J connectivity index is 2.05. The molecule has 0 aromatic heterocycles. The molecule has 0 bridgehead atoms. The molecule has 1 aliphatic heterocycles. The lowest BCUT2D eigenvalue weighted by Gasteiger charge is -2.30. The quantitative estimate of drug-likeness (QED) is 0.543. The van der Waals surface area contributed by atoms with Gasteiger partial charge >= 0.3 is 0 Å². The molecular formula is C22H21N. The van der Waals surface area contributed by atoms with Gasteiger partial charge in [0.05, 0.1) is 5.69 Å². The number of anilines is 3. The molecule has 1 heterocycles. The van der Waals surface area contributed by atoms with Gasteiger partial charge in [-0.1, -0.05) is 54.6 Å². The Morgan fingerprint density at radius 3 is 1.61 bits per heavy atom. The standard InChI is InChI=1S/C22H21N/c1-16-8-7-9-17(2)22(16)23-20-12-5-3-10-18(20)14-15-19-11-4-6-13-21(19)23/h3-13H,14-15H2,1-2H3. The summed E-state index contributed by atoms with van der Waals surface area (Å²) in [6, 6.07) is 24.2. The average Bonchev–Trinajstić information content (AvgIpc) is 2.73. The summed E-state index contributed by atoms with van der Waals surface area (Å²) in [5.41, 5.74) is 9.42. The molecule has 0 atom stereocenters. The Morgan fingerprint density at radius 2 is 1.09 bits per heavy atom. The van der Waals surface area contributed by atoms with Gasteiger partial charge in [-0.3, -0.25) is 0 Å². The molecule has 4 rings (SSSR count). The molecule has 0 amide bonds. The third-order valence-corrected chi connectivity index (χ3v) is 4.79. The van der Waals surface area contributed by atoms with Crippen molar-refractivity contribution in [3.63, 3.8) is 0 Å². The second-order valence-electron chi connectivity index (χ2n) is 6.33. The van der Waals surface area contributed by atoms with E-state index in [0.717, 1.165) is 12.8 Å². The Labute approximate surface area is 138 Å². The lowest BCUT2D eigenvalue weighted by molar-refractivity contribution is 0.977. The van der Waals surface area contributed by atoms with Crippen LogP contribution >= 0.6 is 0 Å². The fourth-order valence-electron chi connectivity index (χ4n) is 3.68. The summed E-state index contributed by atoms with van der Waals surface area (Å²) in [5.74, 6) is 0. The van der Waals surface area contributed by atoms with Crippen molar-refractivity contribution in [3.05, 3.63) is 89.0 Å². The zero-order chi connectivity index (χ0) is 15.8. The summed E-state index contributed by atoms with van der Waals surface area (Å²) in [6.07, 6.45) is 2.18. The van der Waals surface area contributed by atoms with Gasteiger partial charge in [-0.15, -0.1) is 0 Å². The summed E-state index contributed by atoms with van der Waals surface area (Å²) in [4.78, 5) is 2.46. The van der Waals surface area contributed by atoms with E-state index in [2.05, 4.69) is 85.5 Å². The van der Waals surface area contributed by atoms with E-state index in [1.54, 1.807) is 0 Å². The number of fused-ring (bicyclic) bond motifs is 2. The van der Waals surface area contributed by atoms with Crippen LogP contribution in [-0.2, 0) is 12.8 Å². The third kappa shape index (κ3) is 2.33. The van der Waals surface area contributed by atoms with Crippen molar-refractivity contribution in [2.45, 2.75) is 26.7 Å². The Morgan fingerprint density at radius 1 is 0.609 bits per heavy atom. The lowest BCUT2D eigenvalue weighted by atomic mass is 10.0. The average molecular weight is 299 g/mol. The first-order chi connectivity index (χ1) is 11.3. The number of benzene rings is 3. The van der Waals surface area contributed by atoms with Crippen molar-refractivity contribution in [1.29, 1.82) is 0 Å². The second kappa shape index (κ2) is 5.58. The van der Waals surface area contributed by atoms with Crippen LogP contribution in [0, 0.1) is 13.8 Å². The largest absolute Gasteiger partial charge is 0.309 e. The molecule has 1 nitrogen and oxygen atoms in total. The van der Waals surface area contributed by atoms with Crippen molar-refractivity contribution in [2.24, 2.45) is 0 Å². The number of aryl methyl sites for hydroxylation is 4. The molecule has 23 heavy (non-hydrogen) atoms. The molecular weight excluding hydrogens is 278 g/mol. The smallest absolute Gasteiger partial charge is 0.0520 e. The maximum absolute atomic E-state index is 2.46. The van der Waals surface area contributed by atoms with E-state index >= 15 is 0 Å². The van der Waals surface area contributed by atoms with E-state index in [-0.39, 0.29) is 0 Å². The SMILES string of the molecule is Cc1cccc(C)c1N1c2ccccc2CCc2ccccc21. The third-order valence-electron chi connectivity index (χ3n) is 4.79. The molecule has 0 aliphatic carbocycles. The zero-order valence-corrected chi connectivity index (χ0v) is 13.7. The highest BCUT2D eigenvalue weighted by atomic mass is 15.2. The van der Waals surface area contributed by atoms with Crippen LogP contribution in [0.4, 0.5) is 17.1 Å². The van der Waals surface area contributed by atoms with E-state index in [9.17, 15) is 0 Å². The topological polar surface area (TPSA) is 3.24 Å².